The fraction of sp³-hybridized carbons (Fsp3) is 0.175. The summed E-state index contributed by atoms with van der Waals surface area (Å²) >= 11 is 0. The summed E-state index contributed by atoms with van der Waals surface area (Å²) in [7, 11) is 0. The van der Waals surface area contributed by atoms with Gasteiger partial charge in [0, 0.05) is 16.7 Å². The molecule has 212 valence electrons. The highest BCUT2D eigenvalue weighted by Crippen LogP contribution is 2.30. The predicted octanol–water partition coefficient (Wildman–Crippen LogP) is 10.6. The van der Waals surface area contributed by atoms with E-state index in [0.717, 1.165) is 16.7 Å². The average Bonchev–Trinajstić information content (AvgIpc) is 3.05. The van der Waals surface area contributed by atoms with Crippen LogP contribution in [0.25, 0.3) is 56.4 Å². The van der Waals surface area contributed by atoms with Crippen LogP contribution in [0.1, 0.15) is 51.7 Å². The van der Waals surface area contributed by atoms with E-state index in [0.29, 0.717) is 23.4 Å². The maximum absolute atomic E-state index is 4.95. The van der Waals surface area contributed by atoms with Gasteiger partial charge in [-0.2, -0.15) is 0 Å². The summed E-state index contributed by atoms with van der Waals surface area (Å²) in [5.74, 6) is 2.50. The standard InChI is InChI=1S/C40H37N3/c1-27(2)28-11-13-29(14-12-28)30-15-19-34(20-16-30)38-41-37(33-9-7-6-8-10-33)42-39(43-38)35-21-17-31(18-22-35)32-23-25-36(26-24-32)40(3,4)5/h6-27H,1-5H3. The summed E-state index contributed by atoms with van der Waals surface area (Å²) in [4.78, 5) is 14.8. The highest BCUT2D eigenvalue weighted by Gasteiger charge is 2.15. The molecule has 0 N–H and O–H groups in total. The number of nitrogens with zero attached hydrogens (tertiary/aromatic N) is 3. The van der Waals surface area contributed by atoms with E-state index in [1.807, 2.05) is 30.3 Å². The summed E-state index contributed by atoms with van der Waals surface area (Å²) < 4.78 is 0. The molecular formula is C40H37N3. The molecule has 0 aliphatic carbocycles. The van der Waals surface area contributed by atoms with Crippen LogP contribution in [-0.4, -0.2) is 15.0 Å². The van der Waals surface area contributed by atoms with Crippen molar-refractivity contribution in [1.29, 1.82) is 0 Å². The van der Waals surface area contributed by atoms with E-state index < -0.39 is 0 Å². The Hall–Kier alpha value is -4.89. The highest BCUT2D eigenvalue weighted by molar-refractivity contribution is 5.72. The molecule has 0 aliphatic heterocycles. The molecule has 0 atom stereocenters. The van der Waals surface area contributed by atoms with Crippen molar-refractivity contribution in [2.75, 3.05) is 0 Å². The lowest BCUT2D eigenvalue weighted by Crippen LogP contribution is -2.10. The fourth-order valence-electron chi connectivity index (χ4n) is 5.20. The molecule has 0 saturated carbocycles. The first-order valence-corrected chi connectivity index (χ1v) is 15.0. The van der Waals surface area contributed by atoms with Gasteiger partial charge >= 0.3 is 0 Å². The van der Waals surface area contributed by atoms with Gasteiger partial charge in [-0.25, -0.2) is 15.0 Å². The zero-order valence-electron chi connectivity index (χ0n) is 25.5. The van der Waals surface area contributed by atoms with Gasteiger partial charge < -0.3 is 0 Å². The Balaban J connectivity index is 1.34. The third kappa shape index (κ3) is 6.32. The Bertz CT molecular complexity index is 1810. The fourth-order valence-corrected chi connectivity index (χ4v) is 5.20. The van der Waals surface area contributed by atoms with Crippen LogP contribution < -0.4 is 0 Å². The minimum atomic E-state index is 0.134. The Morgan fingerprint density at radius 2 is 0.721 bits per heavy atom. The van der Waals surface area contributed by atoms with Crippen molar-refractivity contribution in [2.45, 2.75) is 46.0 Å². The van der Waals surface area contributed by atoms with Gasteiger partial charge in [0.15, 0.2) is 17.5 Å². The summed E-state index contributed by atoms with van der Waals surface area (Å²) in [6.45, 7) is 11.2. The summed E-state index contributed by atoms with van der Waals surface area (Å²) in [5, 5.41) is 0. The molecule has 5 aromatic carbocycles. The Morgan fingerprint density at radius 1 is 0.395 bits per heavy atom. The monoisotopic (exact) mass is 559 g/mol. The zero-order valence-corrected chi connectivity index (χ0v) is 25.5. The lowest BCUT2D eigenvalue weighted by atomic mass is 9.86. The number of hydrogen-bond acceptors (Lipinski definition) is 3. The van der Waals surface area contributed by atoms with Gasteiger partial charge in [-0.1, -0.05) is 162 Å². The van der Waals surface area contributed by atoms with E-state index in [1.165, 1.54) is 33.4 Å². The molecule has 0 bridgehead atoms. The first-order chi connectivity index (χ1) is 20.7. The van der Waals surface area contributed by atoms with Crippen molar-refractivity contribution in [2.24, 2.45) is 0 Å². The molecule has 1 aromatic heterocycles. The van der Waals surface area contributed by atoms with Gasteiger partial charge in [-0.05, 0) is 44.7 Å². The van der Waals surface area contributed by atoms with Crippen LogP contribution in [0.15, 0.2) is 127 Å². The number of benzene rings is 5. The molecule has 0 unspecified atom stereocenters. The first-order valence-electron chi connectivity index (χ1n) is 15.0. The van der Waals surface area contributed by atoms with Crippen molar-refractivity contribution < 1.29 is 0 Å². The lowest BCUT2D eigenvalue weighted by Gasteiger charge is -2.19. The van der Waals surface area contributed by atoms with Gasteiger partial charge in [-0.3, -0.25) is 0 Å². The number of rotatable bonds is 6. The average molecular weight is 560 g/mol. The van der Waals surface area contributed by atoms with Crippen molar-refractivity contribution in [3.63, 3.8) is 0 Å². The molecule has 6 rings (SSSR count). The molecule has 43 heavy (non-hydrogen) atoms. The lowest BCUT2D eigenvalue weighted by molar-refractivity contribution is 0.590. The second-order valence-corrected chi connectivity index (χ2v) is 12.4. The molecule has 0 fully saturated rings. The van der Waals surface area contributed by atoms with E-state index in [4.69, 9.17) is 15.0 Å². The zero-order chi connectivity index (χ0) is 30.0. The van der Waals surface area contributed by atoms with Crippen LogP contribution in [0.4, 0.5) is 0 Å². The van der Waals surface area contributed by atoms with E-state index in [2.05, 4.69) is 132 Å². The highest BCUT2D eigenvalue weighted by atomic mass is 15.0. The molecule has 0 radical (unpaired) electrons. The van der Waals surface area contributed by atoms with Crippen LogP contribution in [0.2, 0.25) is 0 Å². The maximum atomic E-state index is 4.95. The third-order valence-electron chi connectivity index (χ3n) is 7.95. The van der Waals surface area contributed by atoms with Crippen LogP contribution >= 0.6 is 0 Å². The largest absolute Gasteiger partial charge is 0.208 e. The minimum absolute atomic E-state index is 0.134. The summed E-state index contributed by atoms with van der Waals surface area (Å²) in [5.41, 5.74) is 10.4. The van der Waals surface area contributed by atoms with Crippen molar-refractivity contribution in [3.8, 4) is 56.4 Å². The van der Waals surface area contributed by atoms with Crippen LogP contribution in [0, 0.1) is 0 Å². The molecule has 1 heterocycles. The van der Waals surface area contributed by atoms with Gasteiger partial charge in [0.1, 0.15) is 0 Å². The van der Waals surface area contributed by atoms with Crippen molar-refractivity contribution >= 4 is 0 Å². The van der Waals surface area contributed by atoms with Gasteiger partial charge in [0.2, 0.25) is 0 Å². The minimum Gasteiger partial charge on any atom is -0.208 e. The van der Waals surface area contributed by atoms with E-state index in [-0.39, 0.29) is 5.41 Å². The number of aromatic nitrogens is 3. The second kappa shape index (κ2) is 11.8. The van der Waals surface area contributed by atoms with E-state index in [9.17, 15) is 0 Å². The Kier molecular flexibility index (Phi) is 7.73. The van der Waals surface area contributed by atoms with E-state index in [1.54, 1.807) is 0 Å². The normalized spacial score (nSPS) is 11.6. The van der Waals surface area contributed by atoms with Gasteiger partial charge in [0.05, 0.1) is 0 Å². The van der Waals surface area contributed by atoms with Gasteiger partial charge in [0.25, 0.3) is 0 Å². The second-order valence-electron chi connectivity index (χ2n) is 12.4. The Morgan fingerprint density at radius 3 is 1.09 bits per heavy atom. The van der Waals surface area contributed by atoms with Crippen LogP contribution in [0.5, 0.6) is 0 Å². The van der Waals surface area contributed by atoms with Crippen LogP contribution in [-0.2, 0) is 5.41 Å². The van der Waals surface area contributed by atoms with Crippen LogP contribution in [0.3, 0.4) is 0 Å². The quantitative estimate of drug-likeness (QED) is 0.204. The molecular weight excluding hydrogens is 522 g/mol. The topological polar surface area (TPSA) is 38.7 Å². The van der Waals surface area contributed by atoms with Gasteiger partial charge in [-0.15, -0.1) is 0 Å². The first kappa shape index (κ1) is 28.2. The molecule has 3 heteroatoms. The molecule has 6 aromatic rings. The van der Waals surface area contributed by atoms with E-state index >= 15 is 0 Å². The maximum Gasteiger partial charge on any atom is 0.164 e. The molecule has 3 nitrogen and oxygen atoms in total. The SMILES string of the molecule is CC(C)c1ccc(-c2ccc(-c3nc(-c4ccccc4)nc(-c4ccc(-c5ccc(C(C)(C)C)cc5)cc4)n3)cc2)cc1. The molecule has 0 spiro atoms. The third-order valence-corrected chi connectivity index (χ3v) is 7.95. The molecule has 0 amide bonds. The summed E-state index contributed by atoms with van der Waals surface area (Å²) in [6, 6.07) is 44.8. The van der Waals surface area contributed by atoms with Crippen molar-refractivity contribution in [3.05, 3.63) is 139 Å². The number of hydrogen-bond donors (Lipinski definition) is 0. The molecule has 0 saturated heterocycles. The smallest absolute Gasteiger partial charge is 0.164 e. The summed E-state index contributed by atoms with van der Waals surface area (Å²) in [6.07, 6.45) is 0. The Labute approximate surface area is 255 Å². The predicted molar refractivity (Wildman–Crippen MR) is 180 cm³/mol. The molecule has 0 aliphatic rings. The van der Waals surface area contributed by atoms with Crippen molar-refractivity contribution in [1.82, 2.24) is 15.0 Å².